The van der Waals surface area contributed by atoms with Gasteiger partial charge in [0.1, 0.15) is 5.75 Å². The van der Waals surface area contributed by atoms with Crippen LogP contribution in [-0.2, 0) is 12.8 Å². The summed E-state index contributed by atoms with van der Waals surface area (Å²) in [7, 11) is 0. The van der Waals surface area contributed by atoms with E-state index in [2.05, 4.69) is 4.98 Å². The zero-order chi connectivity index (χ0) is 14.4. The number of carbonyl (C=O) groups is 1. The quantitative estimate of drug-likeness (QED) is 0.821. The number of nitrogens with zero attached hydrogens (tertiary/aromatic N) is 1. The van der Waals surface area contributed by atoms with Crippen LogP contribution in [0.4, 0.5) is 0 Å². The molecule has 1 aromatic carbocycles. The van der Waals surface area contributed by atoms with E-state index in [1.54, 1.807) is 18.3 Å². The minimum absolute atomic E-state index is 0.0299. The van der Waals surface area contributed by atoms with Crippen LogP contribution in [-0.4, -0.2) is 23.0 Å². The Morgan fingerprint density at radius 1 is 1.20 bits per heavy atom. The zero-order valence-corrected chi connectivity index (χ0v) is 11.4. The third kappa shape index (κ3) is 3.57. The number of ether oxygens (including phenoxy) is 1. The number of carbonyl (C=O) groups excluding carboxylic acids is 1. The minimum Gasteiger partial charge on any atom is -0.507 e. The summed E-state index contributed by atoms with van der Waals surface area (Å²) in [5.41, 5.74) is 2.41. The second-order valence-electron chi connectivity index (χ2n) is 4.45. The van der Waals surface area contributed by atoms with Crippen molar-refractivity contribution in [3.8, 4) is 11.6 Å². The Bertz CT molecular complexity index is 579. The Hall–Kier alpha value is -2.36. The Morgan fingerprint density at radius 3 is 2.55 bits per heavy atom. The minimum atomic E-state index is 0.0299. The van der Waals surface area contributed by atoms with Crippen LogP contribution in [0.15, 0.2) is 36.5 Å². The topological polar surface area (TPSA) is 59.4 Å². The van der Waals surface area contributed by atoms with Crippen molar-refractivity contribution in [1.82, 2.24) is 4.98 Å². The summed E-state index contributed by atoms with van der Waals surface area (Å²) >= 11 is 0. The lowest BCUT2D eigenvalue weighted by molar-refractivity contribution is 0.112. The van der Waals surface area contributed by atoms with Gasteiger partial charge in [-0.1, -0.05) is 12.1 Å². The number of phenolic OH excluding ortho intramolecular Hbond substituents is 1. The number of hydrogen-bond donors (Lipinski definition) is 1. The van der Waals surface area contributed by atoms with Crippen LogP contribution in [0.25, 0.3) is 0 Å². The lowest BCUT2D eigenvalue weighted by atomic mass is 10.0. The molecular weight excluding hydrogens is 254 g/mol. The monoisotopic (exact) mass is 271 g/mol. The SMILES string of the molecule is CCOc1ccc(CCc2ccc(C=O)c(O)c2)cn1. The highest BCUT2D eigenvalue weighted by Crippen LogP contribution is 2.18. The van der Waals surface area contributed by atoms with Gasteiger partial charge in [0.25, 0.3) is 0 Å². The van der Waals surface area contributed by atoms with Gasteiger partial charge in [-0.25, -0.2) is 4.98 Å². The van der Waals surface area contributed by atoms with Gasteiger partial charge in [0.2, 0.25) is 5.88 Å². The molecule has 0 aliphatic heterocycles. The Kier molecular flexibility index (Phi) is 4.71. The first-order valence-corrected chi connectivity index (χ1v) is 6.57. The molecule has 0 amide bonds. The predicted molar refractivity (Wildman–Crippen MR) is 76.3 cm³/mol. The number of hydrogen-bond acceptors (Lipinski definition) is 4. The summed E-state index contributed by atoms with van der Waals surface area (Å²) in [6, 6.07) is 8.95. The highest BCUT2D eigenvalue weighted by molar-refractivity contribution is 5.79. The maximum absolute atomic E-state index is 10.6. The molecule has 20 heavy (non-hydrogen) atoms. The maximum Gasteiger partial charge on any atom is 0.213 e. The van der Waals surface area contributed by atoms with E-state index in [1.807, 2.05) is 25.1 Å². The molecule has 0 aliphatic carbocycles. The van der Waals surface area contributed by atoms with Gasteiger partial charge in [-0.05, 0) is 43.0 Å². The molecule has 1 N–H and O–H groups in total. The van der Waals surface area contributed by atoms with E-state index in [0.29, 0.717) is 24.3 Å². The number of aromatic nitrogens is 1. The van der Waals surface area contributed by atoms with Crippen molar-refractivity contribution < 1.29 is 14.6 Å². The van der Waals surface area contributed by atoms with Crippen LogP contribution >= 0.6 is 0 Å². The molecule has 0 saturated carbocycles. The summed E-state index contributed by atoms with van der Waals surface area (Å²) in [6.45, 7) is 2.53. The third-order valence-electron chi connectivity index (χ3n) is 3.01. The van der Waals surface area contributed by atoms with Gasteiger partial charge < -0.3 is 9.84 Å². The van der Waals surface area contributed by atoms with Crippen LogP contribution in [0, 0.1) is 0 Å². The molecule has 4 nitrogen and oxygen atoms in total. The number of aryl methyl sites for hydroxylation is 2. The molecule has 0 spiro atoms. The zero-order valence-electron chi connectivity index (χ0n) is 11.4. The number of phenols is 1. The molecule has 2 rings (SSSR count). The average Bonchev–Trinajstić information content (AvgIpc) is 2.47. The van der Waals surface area contributed by atoms with Crippen LogP contribution in [0.3, 0.4) is 0 Å². The van der Waals surface area contributed by atoms with Gasteiger partial charge in [-0.2, -0.15) is 0 Å². The van der Waals surface area contributed by atoms with Crippen molar-refractivity contribution in [3.63, 3.8) is 0 Å². The van der Waals surface area contributed by atoms with Crippen molar-refractivity contribution in [2.75, 3.05) is 6.61 Å². The molecular formula is C16H17NO3. The Balaban J connectivity index is 1.97. The molecule has 1 aromatic heterocycles. The van der Waals surface area contributed by atoms with E-state index >= 15 is 0 Å². The molecule has 2 aromatic rings. The summed E-state index contributed by atoms with van der Waals surface area (Å²) in [5, 5.41) is 9.62. The predicted octanol–water partition coefficient (Wildman–Crippen LogP) is 2.78. The Morgan fingerprint density at radius 2 is 1.95 bits per heavy atom. The van der Waals surface area contributed by atoms with E-state index in [1.165, 1.54) is 0 Å². The maximum atomic E-state index is 10.6. The standard InChI is InChI=1S/C16H17NO3/c1-2-20-16-8-6-13(10-17-16)4-3-12-5-7-14(11-18)15(19)9-12/h5-11,19H,2-4H2,1H3. The number of pyridine rings is 1. The molecule has 1 heterocycles. The number of aldehydes is 1. The number of benzene rings is 1. The fourth-order valence-corrected chi connectivity index (χ4v) is 1.93. The van der Waals surface area contributed by atoms with Crippen LogP contribution in [0.5, 0.6) is 11.6 Å². The molecule has 0 atom stereocenters. The molecule has 0 aliphatic rings. The van der Waals surface area contributed by atoms with Crippen molar-refractivity contribution in [1.29, 1.82) is 0 Å². The van der Waals surface area contributed by atoms with Gasteiger partial charge in [-0.15, -0.1) is 0 Å². The van der Waals surface area contributed by atoms with E-state index in [9.17, 15) is 9.90 Å². The fourth-order valence-electron chi connectivity index (χ4n) is 1.93. The summed E-state index contributed by atoms with van der Waals surface area (Å²) < 4.78 is 5.29. The van der Waals surface area contributed by atoms with Crippen LogP contribution in [0.2, 0.25) is 0 Å². The van der Waals surface area contributed by atoms with E-state index < -0.39 is 0 Å². The normalized spacial score (nSPS) is 10.2. The number of rotatable bonds is 6. The van der Waals surface area contributed by atoms with Gasteiger partial charge in [0, 0.05) is 12.3 Å². The number of aromatic hydroxyl groups is 1. The fraction of sp³-hybridized carbons (Fsp3) is 0.250. The second kappa shape index (κ2) is 6.70. The molecule has 0 saturated heterocycles. The molecule has 0 fully saturated rings. The molecule has 0 radical (unpaired) electrons. The third-order valence-corrected chi connectivity index (χ3v) is 3.01. The first kappa shape index (κ1) is 14.1. The molecule has 0 bridgehead atoms. The Labute approximate surface area is 118 Å². The van der Waals surface area contributed by atoms with Crippen molar-refractivity contribution in [2.45, 2.75) is 19.8 Å². The van der Waals surface area contributed by atoms with E-state index in [-0.39, 0.29) is 5.75 Å². The van der Waals surface area contributed by atoms with Crippen LogP contribution in [0.1, 0.15) is 28.4 Å². The summed E-state index contributed by atoms with van der Waals surface area (Å²) in [6.07, 6.45) is 4.04. The van der Waals surface area contributed by atoms with Crippen molar-refractivity contribution in [3.05, 3.63) is 53.2 Å². The van der Waals surface area contributed by atoms with E-state index in [4.69, 9.17) is 4.74 Å². The van der Waals surface area contributed by atoms with Gasteiger partial charge in [-0.3, -0.25) is 4.79 Å². The van der Waals surface area contributed by atoms with Gasteiger partial charge in [0.15, 0.2) is 6.29 Å². The first-order chi connectivity index (χ1) is 9.72. The molecule has 104 valence electrons. The highest BCUT2D eigenvalue weighted by Gasteiger charge is 2.03. The second-order valence-corrected chi connectivity index (χ2v) is 4.45. The summed E-state index contributed by atoms with van der Waals surface area (Å²) in [4.78, 5) is 14.8. The lowest BCUT2D eigenvalue weighted by Gasteiger charge is -2.05. The molecule has 0 unspecified atom stereocenters. The smallest absolute Gasteiger partial charge is 0.213 e. The largest absolute Gasteiger partial charge is 0.507 e. The lowest BCUT2D eigenvalue weighted by Crippen LogP contribution is -1.96. The van der Waals surface area contributed by atoms with Crippen molar-refractivity contribution >= 4 is 6.29 Å². The van der Waals surface area contributed by atoms with Crippen molar-refractivity contribution in [2.24, 2.45) is 0 Å². The van der Waals surface area contributed by atoms with Crippen LogP contribution < -0.4 is 4.74 Å². The average molecular weight is 271 g/mol. The summed E-state index contributed by atoms with van der Waals surface area (Å²) in [5.74, 6) is 0.659. The molecule has 4 heteroatoms. The van der Waals surface area contributed by atoms with Gasteiger partial charge >= 0.3 is 0 Å². The highest BCUT2D eigenvalue weighted by atomic mass is 16.5. The van der Waals surface area contributed by atoms with Gasteiger partial charge in [0.05, 0.1) is 12.2 Å². The first-order valence-electron chi connectivity index (χ1n) is 6.57. The van der Waals surface area contributed by atoms with E-state index in [0.717, 1.165) is 24.0 Å².